The Hall–Kier alpha value is -5.39. The van der Waals surface area contributed by atoms with Crippen molar-refractivity contribution in [2.24, 2.45) is 4.99 Å². The minimum Gasteiger partial charge on any atom is -0.449 e. The normalized spacial score (nSPS) is 15.5. The van der Waals surface area contributed by atoms with Crippen LogP contribution in [0.5, 0.6) is 11.5 Å². The third-order valence-corrected chi connectivity index (χ3v) is 9.07. The van der Waals surface area contributed by atoms with Crippen molar-refractivity contribution >= 4 is 46.1 Å². The molecule has 0 spiro atoms. The predicted molar refractivity (Wildman–Crippen MR) is 170 cm³/mol. The molecule has 4 aromatic carbocycles. The van der Waals surface area contributed by atoms with E-state index >= 15 is 0 Å². The molecule has 0 saturated carbocycles. The highest BCUT2D eigenvalue weighted by atomic mass is 35.5. The molecule has 0 unspecified atom stereocenters. The molecule has 1 aliphatic carbocycles. The number of ether oxygens (including phenoxy) is 1. The highest BCUT2D eigenvalue weighted by Gasteiger charge is 2.32. The first-order valence-corrected chi connectivity index (χ1v) is 15.1. The maximum Gasteiger partial charge on any atom is 0.318 e. The van der Waals surface area contributed by atoms with E-state index in [1.807, 2.05) is 36.4 Å². The molecule has 2 heterocycles. The molecule has 2 aliphatic rings. The van der Waals surface area contributed by atoms with E-state index in [2.05, 4.69) is 12.1 Å². The number of thiazole rings is 1. The highest BCUT2D eigenvalue weighted by Crippen LogP contribution is 2.41. The Labute approximate surface area is 263 Å². The summed E-state index contributed by atoms with van der Waals surface area (Å²) in [5, 5.41) is 23.5. The number of hydrogen-bond acceptors (Lipinski definition) is 8. The summed E-state index contributed by atoms with van der Waals surface area (Å²) in [7, 11) is 0. The third kappa shape index (κ3) is 5.11. The summed E-state index contributed by atoms with van der Waals surface area (Å²) in [4.78, 5) is 41.1. The summed E-state index contributed by atoms with van der Waals surface area (Å²) in [5.41, 5.74) is 4.40. The van der Waals surface area contributed by atoms with E-state index in [1.165, 1.54) is 23.0 Å². The molecule has 0 amide bonds. The number of halogens is 1. The van der Waals surface area contributed by atoms with Crippen molar-refractivity contribution in [3.63, 3.8) is 0 Å². The predicted octanol–water partition coefficient (Wildman–Crippen LogP) is 6.58. The standard InChI is InChI=1S/C33H21ClN4O6S/c34-22-12-9-20(10-13-22)31-25-15-11-19-5-1-3-7-24(19)30(25)35-33-36(31)32(39)29(45-33)17-21-6-2-4-8-27(21)44-28-16-14-23(37(40)41)18-26(28)38(42)43/h1-10,12-14,16-18,31H,11,15H2/b29-17-/t31-/m1/s1. The number of benzene rings is 4. The van der Waals surface area contributed by atoms with Gasteiger partial charge in [-0.15, -0.1) is 0 Å². The van der Waals surface area contributed by atoms with Crippen LogP contribution in [0.25, 0.3) is 11.8 Å². The van der Waals surface area contributed by atoms with Gasteiger partial charge in [0.1, 0.15) is 5.75 Å². The number of aromatic nitrogens is 1. The minimum absolute atomic E-state index is 0.165. The molecule has 0 bridgehead atoms. The molecular formula is C33H21ClN4O6S. The van der Waals surface area contributed by atoms with Gasteiger partial charge < -0.3 is 4.74 Å². The first-order chi connectivity index (χ1) is 21.8. The largest absolute Gasteiger partial charge is 0.449 e. The number of nitro groups is 2. The number of fused-ring (bicyclic) bond motifs is 3. The molecule has 45 heavy (non-hydrogen) atoms. The van der Waals surface area contributed by atoms with Gasteiger partial charge in [0.25, 0.3) is 11.2 Å². The zero-order chi connectivity index (χ0) is 31.2. The lowest BCUT2D eigenvalue weighted by molar-refractivity contribution is -0.394. The van der Waals surface area contributed by atoms with Crippen LogP contribution in [0.2, 0.25) is 5.02 Å². The summed E-state index contributed by atoms with van der Waals surface area (Å²) in [6.45, 7) is 0. The molecule has 0 radical (unpaired) electrons. The number of hydrogen-bond donors (Lipinski definition) is 0. The number of allylic oxidation sites excluding steroid dienone is 1. The van der Waals surface area contributed by atoms with Gasteiger partial charge in [-0.25, -0.2) is 4.99 Å². The monoisotopic (exact) mass is 636 g/mol. The van der Waals surface area contributed by atoms with Crippen LogP contribution >= 0.6 is 22.9 Å². The van der Waals surface area contributed by atoms with Crippen LogP contribution in [0, 0.1) is 20.2 Å². The summed E-state index contributed by atoms with van der Waals surface area (Å²) in [6, 6.07) is 25.3. The van der Waals surface area contributed by atoms with Crippen LogP contribution < -0.4 is 19.6 Å². The molecule has 222 valence electrons. The Kier molecular flexibility index (Phi) is 7.11. The van der Waals surface area contributed by atoms with Gasteiger partial charge in [0, 0.05) is 22.2 Å². The van der Waals surface area contributed by atoms with Crippen LogP contribution in [0.1, 0.15) is 34.7 Å². The van der Waals surface area contributed by atoms with E-state index in [0.29, 0.717) is 19.9 Å². The molecule has 5 aromatic rings. The van der Waals surface area contributed by atoms with Crippen LogP contribution in [-0.2, 0) is 6.42 Å². The number of para-hydroxylation sites is 1. The highest BCUT2D eigenvalue weighted by molar-refractivity contribution is 7.07. The smallest absolute Gasteiger partial charge is 0.318 e. The minimum atomic E-state index is -0.736. The van der Waals surface area contributed by atoms with Crippen LogP contribution in [0.15, 0.2) is 106 Å². The molecular weight excluding hydrogens is 616 g/mol. The molecule has 0 saturated heterocycles. The van der Waals surface area contributed by atoms with Crippen LogP contribution in [0.4, 0.5) is 11.4 Å². The second-order valence-electron chi connectivity index (χ2n) is 10.5. The van der Waals surface area contributed by atoms with Crippen LogP contribution in [-0.4, -0.2) is 14.4 Å². The van der Waals surface area contributed by atoms with Crippen molar-refractivity contribution in [1.82, 2.24) is 4.57 Å². The van der Waals surface area contributed by atoms with E-state index < -0.39 is 21.2 Å². The average Bonchev–Trinajstić information content (AvgIpc) is 3.35. The van der Waals surface area contributed by atoms with E-state index in [1.54, 1.807) is 34.9 Å². The molecule has 12 heteroatoms. The maximum atomic E-state index is 14.1. The fraction of sp³-hybridized carbons (Fsp3) is 0.0909. The van der Waals surface area contributed by atoms with Gasteiger partial charge in [0.2, 0.25) is 5.75 Å². The number of aryl methyl sites for hydroxylation is 1. The van der Waals surface area contributed by atoms with Crippen molar-refractivity contribution in [3.05, 3.63) is 164 Å². The molecule has 1 atom stereocenters. The Morgan fingerprint density at radius 1 is 0.911 bits per heavy atom. The SMILES string of the molecule is O=c1/c(=C/c2ccccc2Oc2ccc([N+](=O)[O-])cc2[N+](=O)[O-])sc2n1[C@H](c1ccc(Cl)cc1)C1=C(N=2)c2ccccc2CC1. The zero-order valence-corrected chi connectivity index (χ0v) is 24.8. The van der Waals surface area contributed by atoms with E-state index in [0.717, 1.165) is 47.4 Å². The van der Waals surface area contributed by atoms with Crippen molar-refractivity contribution in [1.29, 1.82) is 0 Å². The second kappa shape index (κ2) is 11.3. The lowest BCUT2D eigenvalue weighted by atomic mass is 9.83. The van der Waals surface area contributed by atoms with Gasteiger partial charge in [0.15, 0.2) is 4.80 Å². The number of non-ortho nitro benzene ring substituents is 1. The lowest BCUT2D eigenvalue weighted by Gasteiger charge is -2.30. The Morgan fingerprint density at radius 2 is 1.67 bits per heavy atom. The summed E-state index contributed by atoms with van der Waals surface area (Å²) in [5.74, 6) is 0.0738. The van der Waals surface area contributed by atoms with E-state index in [9.17, 15) is 25.0 Å². The van der Waals surface area contributed by atoms with Crippen LogP contribution in [0.3, 0.4) is 0 Å². The Bertz CT molecular complexity index is 2260. The van der Waals surface area contributed by atoms with Crippen molar-refractivity contribution in [3.8, 4) is 11.5 Å². The van der Waals surface area contributed by atoms with Crippen molar-refractivity contribution in [2.45, 2.75) is 18.9 Å². The molecule has 1 aromatic heterocycles. The number of rotatable bonds is 6. The van der Waals surface area contributed by atoms with Gasteiger partial charge in [-0.3, -0.25) is 29.6 Å². The first-order valence-electron chi connectivity index (χ1n) is 13.9. The van der Waals surface area contributed by atoms with E-state index in [4.69, 9.17) is 21.3 Å². The van der Waals surface area contributed by atoms with Gasteiger partial charge in [-0.05, 0) is 59.9 Å². The molecule has 0 N–H and O–H groups in total. The lowest BCUT2D eigenvalue weighted by Crippen LogP contribution is -2.38. The van der Waals surface area contributed by atoms with E-state index in [-0.39, 0.29) is 23.1 Å². The van der Waals surface area contributed by atoms with Gasteiger partial charge in [0.05, 0.1) is 32.2 Å². The average molecular weight is 637 g/mol. The van der Waals surface area contributed by atoms with Gasteiger partial charge >= 0.3 is 5.69 Å². The summed E-state index contributed by atoms with van der Waals surface area (Å²) >= 11 is 7.47. The topological polar surface area (TPSA) is 130 Å². The van der Waals surface area contributed by atoms with Crippen molar-refractivity contribution in [2.75, 3.05) is 0 Å². The molecule has 7 rings (SSSR count). The van der Waals surface area contributed by atoms with Gasteiger partial charge in [-0.2, -0.15) is 0 Å². The molecule has 10 nitrogen and oxygen atoms in total. The fourth-order valence-corrected chi connectivity index (χ4v) is 6.89. The molecule has 1 aliphatic heterocycles. The zero-order valence-electron chi connectivity index (χ0n) is 23.3. The first kappa shape index (κ1) is 28.4. The second-order valence-corrected chi connectivity index (χ2v) is 11.9. The third-order valence-electron chi connectivity index (χ3n) is 7.83. The number of nitrogens with zero attached hydrogens (tertiary/aromatic N) is 4. The summed E-state index contributed by atoms with van der Waals surface area (Å²) in [6.07, 6.45) is 3.25. The van der Waals surface area contributed by atoms with Crippen molar-refractivity contribution < 1.29 is 14.6 Å². The maximum absolute atomic E-state index is 14.1. The number of nitro benzene ring substituents is 2. The Balaban J connectivity index is 1.37. The fourth-order valence-electron chi connectivity index (χ4n) is 5.77. The van der Waals surface area contributed by atoms with Gasteiger partial charge in [-0.1, -0.05) is 77.5 Å². The quantitative estimate of drug-likeness (QED) is 0.153. The summed E-state index contributed by atoms with van der Waals surface area (Å²) < 4.78 is 8.04. The Morgan fingerprint density at radius 3 is 2.44 bits per heavy atom. The molecule has 0 fully saturated rings.